The second kappa shape index (κ2) is 2.41. The summed E-state index contributed by atoms with van der Waals surface area (Å²) in [6.45, 7) is 3.95. The molecule has 2 nitrogen and oxygen atoms in total. The highest BCUT2D eigenvalue weighted by atomic mass is 16.1. The molecule has 0 radical (unpaired) electrons. The molecule has 2 rings (SSSR count). The molecule has 0 N–H and O–H groups in total. The Bertz CT molecular complexity index is 222. The fourth-order valence-electron chi connectivity index (χ4n) is 2.84. The molecular weight excluding hydrogens is 152 g/mol. The lowest BCUT2D eigenvalue weighted by molar-refractivity contribution is -0.124. The topological polar surface area (TPSA) is 34.1 Å². The first-order valence-corrected chi connectivity index (χ1v) is 4.66. The number of carbonyl (C=O) groups is 2. The molecule has 4 unspecified atom stereocenters. The van der Waals surface area contributed by atoms with E-state index in [0.717, 1.165) is 0 Å². The number of fused-ring (bicyclic) bond motifs is 1. The number of hydrogen-bond donors (Lipinski definition) is 0. The molecule has 0 aromatic heterocycles. The zero-order chi connectivity index (χ0) is 8.88. The van der Waals surface area contributed by atoms with Crippen molar-refractivity contribution in [3.8, 4) is 0 Å². The van der Waals surface area contributed by atoms with E-state index in [0.29, 0.717) is 36.2 Å². The summed E-state index contributed by atoms with van der Waals surface area (Å²) < 4.78 is 0. The van der Waals surface area contributed by atoms with Gasteiger partial charge in [-0.3, -0.25) is 9.59 Å². The Morgan fingerprint density at radius 3 is 1.83 bits per heavy atom. The standard InChI is InChI=1S/C10H14O2/c1-5-8-3-7(11)4-9(8)6(2)10(5)12/h5-6,8-9H,3-4H2,1-2H3. The van der Waals surface area contributed by atoms with E-state index >= 15 is 0 Å². The summed E-state index contributed by atoms with van der Waals surface area (Å²) in [6, 6.07) is 0. The molecule has 2 fully saturated rings. The van der Waals surface area contributed by atoms with Crippen LogP contribution >= 0.6 is 0 Å². The first-order valence-electron chi connectivity index (χ1n) is 4.66. The van der Waals surface area contributed by atoms with Crippen molar-refractivity contribution in [3.63, 3.8) is 0 Å². The van der Waals surface area contributed by atoms with Gasteiger partial charge in [0.25, 0.3) is 0 Å². The van der Waals surface area contributed by atoms with Crippen LogP contribution in [0.4, 0.5) is 0 Å². The molecule has 0 amide bonds. The van der Waals surface area contributed by atoms with Crippen LogP contribution in [-0.4, -0.2) is 11.6 Å². The third kappa shape index (κ3) is 0.869. The van der Waals surface area contributed by atoms with E-state index in [1.165, 1.54) is 0 Å². The quantitative estimate of drug-likeness (QED) is 0.545. The van der Waals surface area contributed by atoms with E-state index in [9.17, 15) is 9.59 Å². The zero-order valence-corrected chi connectivity index (χ0v) is 7.54. The van der Waals surface area contributed by atoms with Gasteiger partial charge in [-0.25, -0.2) is 0 Å². The van der Waals surface area contributed by atoms with Crippen LogP contribution in [0.15, 0.2) is 0 Å². The van der Waals surface area contributed by atoms with E-state index in [2.05, 4.69) is 0 Å². The molecule has 0 aromatic rings. The van der Waals surface area contributed by atoms with Crippen molar-refractivity contribution in [2.24, 2.45) is 23.7 Å². The van der Waals surface area contributed by atoms with Crippen molar-refractivity contribution in [1.82, 2.24) is 0 Å². The van der Waals surface area contributed by atoms with Crippen LogP contribution in [0.3, 0.4) is 0 Å². The Kier molecular flexibility index (Phi) is 1.60. The summed E-state index contributed by atoms with van der Waals surface area (Å²) in [5, 5.41) is 0. The van der Waals surface area contributed by atoms with Gasteiger partial charge in [0.15, 0.2) is 0 Å². The minimum atomic E-state index is 0.136. The maximum absolute atomic E-state index is 11.5. The predicted octanol–water partition coefficient (Wildman–Crippen LogP) is 1.44. The SMILES string of the molecule is CC1C(=O)C(C)C2CC(=O)CC12. The Balaban J connectivity index is 2.26. The van der Waals surface area contributed by atoms with Crippen LogP contribution in [0.25, 0.3) is 0 Å². The highest BCUT2D eigenvalue weighted by Gasteiger charge is 2.49. The number of ketones is 2. The molecule has 2 saturated carbocycles. The van der Waals surface area contributed by atoms with Crippen molar-refractivity contribution in [2.75, 3.05) is 0 Å². The predicted molar refractivity (Wildman–Crippen MR) is 44.6 cm³/mol. The minimum Gasteiger partial charge on any atom is -0.300 e. The minimum absolute atomic E-state index is 0.136. The van der Waals surface area contributed by atoms with Gasteiger partial charge in [0.2, 0.25) is 0 Å². The Morgan fingerprint density at radius 1 is 1.00 bits per heavy atom. The first-order chi connectivity index (χ1) is 5.61. The smallest absolute Gasteiger partial charge is 0.139 e. The third-order valence-electron chi connectivity index (χ3n) is 3.66. The summed E-state index contributed by atoms with van der Waals surface area (Å²) >= 11 is 0. The summed E-state index contributed by atoms with van der Waals surface area (Å²) in [5.41, 5.74) is 0. The van der Waals surface area contributed by atoms with Gasteiger partial charge in [0, 0.05) is 24.7 Å². The molecule has 0 aromatic carbocycles. The molecule has 0 heterocycles. The van der Waals surface area contributed by atoms with Crippen LogP contribution in [0.2, 0.25) is 0 Å². The van der Waals surface area contributed by atoms with E-state index < -0.39 is 0 Å². The number of Topliss-reactive ketones (excluding diaryl/α,β-unsaturated/α-hetero) is 2. The highest BCUT2D eigenvalue weighted by molar-refractivity contribution is 5.91. The maximum Gasteiger partial charge on any atom is 0.139 e. The monoisotopic (exact) mass is 166 g/mol. The van der Waals surface area contributed by atoms with Gasteiger partial charge in [-0.2, -0.15) is 0 Å². The van der Waals surface area contributed by atoms with Gasteiger partial charge in [-0.1, -0.05) is 13.8 Å². The van der Waals surface area contributed by atoms with Crippen molar-refractivity contribution in [1.29, 1.82) is 0 Å². The van der Waals surface area contributed by atoms with E-state index in [-0.39, 0.29) is 11.8 Å². The van der Waals surface area contributed by atoms with Gasteiger partial charge in [-0.05, 0) is 11.8 Å². The van der Waals surface area contributed by atoms with Gasteiger partial charge in [0.05, 0.1) is 0 Å². The van der Waals surface area contributed by atoms with Crippen molar-refractivity contribution in [3.05, 3.63) is 0 Å². The second-order valence-electron chi connectivity index (χ2n) is 4.25. The second-order valence-corrected chi connectivity index (χ2v) is 4.25. The van der Waals surface area contributed by atoms with Crippen molar-refractivity contribution in [2.45, 2.75) is 26.7 Å². The molecule has 66 valence electrons. The third-order valence-corrected chi connectivity index (χ3v) is 3.66. The maximum atomic E-state index is 11.5. The lowest BCUT2D eigenvalue weighted by Crippen LogP contribution is -2.14. The summed E-state index contributed by atoms with van der Waals surface area (Å²) in [6.07, 6.45) is 1.31. The lowest BCUT2D eigenvalue weighted by Gasteiger charge is -2.10. The highest BCUT2D eigenvalue weighted by Crippen LogP contribution is 2.47. The number of carbonyl (C=O) groups excluding carboxylic acids is 2. The molecule has 0 spiro atoms. The Hall–Kier alpha value is -0.660. The fraction of sp³-hybridized carbons (Fsp3) is 0.800. The molecule has 4 atom stereocenters. The van der Waals surface area contributed by atoms with Crippen LogP contribution in [0.1, 0.15) is 26.7 Å². The molecule has 0 saturated heterocycles. The first kappa shape index (κ1) is 7.96. The summed E-state index contributed by atoms with van der Waals surface area (Å²) in [7, 11) is 0. The van der Waals surface area contributed by atoms with Crippen LogP contribution in [0, 0.1) is 23.7 Å². The summed E-state index contributed by atoms with van der Waals surface area (Å²) in [4.78, 5) is 22.7. The number of hydrogen-bond acceptors (Lipinski definition) is 2. The van der Waals surface area contributed by atoms with Crippen LogP contribution < -0.4 is 0 Å². The normalized spacial score (nSPS) is 46.8. The molecule has 0 bridgehead atoms. The lowest BCUT2D eigenvalue weighted by atomic mass is 9.92. The molecule has 2 aliphatic carbocycles. The number of rotatable bonds is 0. The summed E-state index contributed by atoms with van der Waals surface area (Å²) in [5.74, 6) is 1.75. The molecular formula is C10H14O2. The Morgan fingerprint density at radius 2 is 1.42 bits per heavy atom. The van der Waals surface area contributed by atoms with Crippen LogP contribution in [-0.2, 0) is 9.59 Å². The van der Waals surface area contributed by atoms with Crippen molar-refractivity contribution >= 4 is 11.6 Å². The van der Waals surface area contributed by atoms with Crippen LogP contribution in [0.5, 0.6) is 0 Å². The zero-order valence-electron chi connectivity index (χ0n) is 7.54. The van der Waals surface area contributed by atoms with Gasteiger partial charge in [-0.15, -0.1) is 0 Å². The van der Waals surface area contributed by atoms with Gasteiger partial charge >= 0.3 is 0 Å². The fourth-order valence-corrected chi connectivity index (χ4v) is 2.84. The van der Waals surface area contributed by atoms with Gasteiger partial charge < -0.3 is 0 Å². The van der Waals surface area contributed by atoms with E-state index in [4.69, 9.17) is 0 Å². The molecule has 0 aliphatic heterocycles. The largest absolute Gasteiger partial charge is 0.300 e. The van der Waals surface area contributed by atoms with E-state index in [1.807, 2.05) is 13.8 Å². The molecule has 2 heteroatoms. The molecule has 12 heavy (non-hydrogen) atoms. The average molecular weight is 166 g/mol. The Labute approximate surface area is 72.3 Å². The van der Waals surface area contributed by atoms with Gasteiger partial charge in [0.1, 0.15) is 11.6 Å². The van der Waals surface area contributed by atoms with Crippen molar-refractivity contribution < 1.29 is 9.59 Å². The van der Waals surface area contributed by atoms with E-state index in [1.54, 1.807) is 0 Å². The molecule has 2 aliphatic rings. The average Bonchev–Trinajstić information content (AvgIpc) is 2.49.